The standard InChI is InChI=1S/C13H9BrFNO3/c14-7-3-4-8(9(15)5-7)12-16-10(6-1-2-6)11(19-12)13(17)18/h3-6H,1-2H2,(H,17,18). The Kier molecular flexibility index (Phi) is 2.89. The molecule has 0 saturated heterocycles. The number of hydrogen-bond acceptors (Lipinski definition) is 3. The first-order valence-electron chi connectivity index (χ1n) is 5.75. The lowest BCUT2D eigenvalue weighted by Crippen LogP contribution is -1.98. The molecule has 4 nitrogen and oxygen atoms in total. The highest BCUT2D eigenvalue weighted by Crippen LogP contribution is 2.42. The predicted octanol–water partition coefficient (Wildman–Crippen LogP) is 3.82. The van der Waals surface area contributed by atoms with Crippen molar-refractivity contribution in [3.05, 3.63) is 39.9 Å². The van der Waals surface area contributed by atoms with E-state index in [9.17, 15) is 9.18 Å². The van der Waals surface area contributed by atoms with Gasteiger partial charge in [0, 0.05) is 10.4 Å². The minimum atomic E-state index is -1.17. The zero-order valence-corrected chi connectivity index (χ0v) is 11.3. The number of halogens is 2. The van der Waals surface area contributed by atoms with Crippen molar-refractivity contribution in [2.75, 3.05) is 0 Å². The summed E-state index contributed by atoms with van der Waals surface area (Å²) in [5, 5.41) is 9.08. The fourth-order valence-electron chi connectivity index (χ4n) is 1.90. The lowest BCUT2D eigenvalue weighted by atomic mass is 10.2. The maximum Gasteiger partial charge on any atom is 0.373 e. The van der Waals surface area contributed by atoms with E-state index in [0.29, 0.717) is 10.2 Å². The molecule has 2 aromatic rings. The molecule has 1 saturated carbocycles. The first kappa shape index (κ1) is 12.3. The van der Waals surface area contributed by atoms with E-state index in [1.165, 1.54) is 12.1 Å². The lowest BCUT2D eigenvalue weighted by molar-refractivity contribution is 0.0661. The normalized spacial score (nSPS) is 14.6. The molecule has 1 aliphatic carbocycles. The van der Waals surface area contributed by atoms with Crippen LogP contribution in [-0.4, -0.2) is 16.1 Å². The zero-order valence-electron chi connectivity index (χ0n) is 9.69. The molecule has 0 aliphatic heterocycles. The molecule has 3 rings (SSSR count). The number of aromatic nitrogens is 1. The van der Waals surface area contributed by atoms with E-state index in [-0.39, 0.29) is 23.1 Å². The topological polar surface area (TPSA) is 63.3 Å². The third kappa shape index (κ3) is 2.28. The van der Waals surface area contributed by atoms with Gasteiger partial charge in [-0.2, -0.15) is 0 Å². The molecule has 0 bridgehead atoms. The largest absolute Gasteiger partial charge is 0.475 e. The highest BCUT2D eigenvalue weighted by atomic mass is 79.9. The molecular weight excluding hydrogens is 317 g/mol. The molecule has 0 unspecified atom stereocenters. The molecule has 1 N–H and O–H groups in total. The van der Waals surface area contributed by atoms with Crippen LogP contribution in [0.1, 0.15) is 35.0 Å². The lowest BCUT2D eigenvalue weighted by Gasteiger charge is -1.98. The van der Waals surface area contributed by atoms with Crippen molar-refractivity contribution in [3.63, 3.8) is 0 Å². The number of aromatic carboxylic acids is 1. The Bertz CT molecular complexity index is 664. The number of hydrogen-bond donors (Lipinski definition) is 1. The smallest absolute Gasteiger partial charge is 0.373 e. The van der Waals surface area contributed by atoms with E-state index in [1.54, 1.807) is 6.07 Å². The van der Waals surface area contributed by atoms with Crippen LogP contribution in [0.15, 0.2) is 27.1 Å². The third-order valence-corrected chi connectivity index (χ3v) is 3.47. The van der Waals surface area contributed by atoms with Gasteiger partial charge in [-0.3, -0.25) is 0 Å². The van der Waals surface area contributed by atoms with Crippen molar-refractivity contribution in [3.8, 4) is 11.5 Å². The molecule has 0 radical (unpaired) electrons. The number of carboxylic acids is 1. The van der Waals surface area contributed by atoms with E-state index < -0.39 is 11.8 Å². The average Bonchev–Trinajstić information content (AvgIpc) is 3.09. The van der Waals surface area contributed by atoms with Crippen LogP contribution in [-0.2, 0) is 0 Å². The van der Waals surface area contributed by atoms with Gasteiger partial charge in [0.25, 0.3) is 0 Å². The van der Waals surface area contributed by atoms with Crippen LogP contribution in [0.5, 0.6) is 0 Å². The number of rotatable bonds is 3. The Morgan fingerprint density at radius 1 is 1.47 bits per heavy atom. The minimum absolute atomic E-state index is 0.0179. The number of carbonyl (C=O) groups is 1. The van der Waals surface area contributed by atoms with Crippen LogP contribution in [0.2, 0.25) is 0 Å². The molecule has 0 atom stereocenters. The summed E-state index contributed by atoms with van der Waals surface area (Å²) in [5.74, 6) is -1.71. The van der Waals surface area contributed by atoms with Gasteiger partial charge in [0.15, 0.2) is 0 Å². The monoisotopic (exact) mass is 325 g/mol. The second-order valence-electron chi connectivity index (χ2n) is 4.44. The highest BCUT2D eigenvalue weighted by Gasteiger charge is 2.34. The van der Waals surface area contributed by atoms with Crippen molar-refractivity contribution >= 4 is 21.9 Å². The average molecular weight is 326 g/mol. The molecule has 1 heterocycles. The van der Waals surface area contributed by atoms with Crippen molar-refractivity contribution < 1.29 is 18.7 Å². The Morgan fingerprint density at radius 2 is 2.21 bits per heavy atom. The summed E-state index contributed by atoms with van der Waals surface area (Å²) in [7, 11) is 0. The molecule has 1 aromatic heterocycles. The Hall–Kier alpha value is -1.69. The predicted molar refractivity (Wildman–Crippen MR) is 68.5 cm³/mol. The fraction of sp³-hybridized carbons (Fsp3) is 0.231. The first-order valence-corrected chi connectivity index (χ1v) is 6.55. The van der Waals surface area contributed by atoms with Crippen molar-refractivity contribution in [2.24, 2.45) is 0 Å². The fourth-order valence-corrected chi connectivity index (χ4v) is 2.23. The summed E-state index contributed by atoms with van der Waals surface area (Å²) in [6, 6.07) is 4.45. The van der Waals surface area contributed by atoms with E-state index in [1.807, 2.05) is 0 Å². The zero-order chi connectivity index (χ0) is 13.6. The molecule has 1 fully saturated rings. The first-order chi connectivity index (χ1) is 9.06. The maximum atomic E-state index is 13.8. The molecular formula is C13H9BrFNO3. The summed E-state index contributed by atoms with van der Waals surface area (Å²) in [6.07, 6.45) is 1.80. The van der Waals surface area contributed by atoms with Crippen molar-refractivity contribution in [1.29, 1.82) is 0 Å². The molecule has 98 valence electrons. The summed E-state index contributed by atoms with van der Waals surface area (Å²) >= 11 is 3.16. The number of oxazole rings is 1. The van der Waals surface area contributed by atoms with Gasteiger partial charge in [-0.25, -0.2) is 14.2 Å². The Labute approximate surface area is 116 Å². The van der Waals surface area contributed by atoms with E-state index in [4.69, 9.17) is 9.52 Å². The van der Waals surface area contributed by atoms with Crippen LogP contribution in [0.25, 0.3) is 11.5 Å². The summed E-state index contributed by atoms with van der Waals surface area (Å²) in [6.45, 7) is 0. The van der Waals surface area contributed by atoms with Gasteiger partial charge in [-0.05, 0) is 31.0 Å². The van der Waals surface area contributed by atoms with Gasteiger partial charge in [-0.15, -0.1) is 0 Å². The molecule has 6 heteroatoms. The minimum Gasteiger partial charge on any atom is -0.475 e. The van der Waals surface area contributed by atoms with Gasteiger partial charge in [0.1, 0.15) is 5.82 Å². The van der Waals surface area contributed by atoms with Crippen LogP contribution in [0, 0.1) is 5.82 Å². The van der Waals surface area contributed by atoms with Crippen LogP contribution < -0.4 is 0 Å². The highest BCUT2D eigenvalue weighted by molar-refractivity contribution is 9.10. The van der Waals surface area contributed by atoms with Crippen molar-refractivity contribution in [1.82, 2.24) is 4.98 Å². The van der Waals surface area contributed by atoms with Gasteiger partial charge >= 0.3 is 5.97 Å². The number of benzene rings is 1. The summed E-state index contributed by atoms with van der Waals surface area (Å²) in [4.78, 5) is 15.3. The molecule has 1 aromatic carbocycles. The quantitative estimate of drug-likeness (QED) is 0.931. The van der Waals surface area contributed by atoms with Gasteiger partial charge < -0.3 is 9.52 Å². The Balaban J connectivity index is 2.10. The second-order valence-corrected chi connectivity index (χ2v) is 5.35. The molecule has 0 spiro atoms. The van der Waals surface area contributed by atoms with Crippen LogP contribution in [0.3, 0.4) is 0 Å². The third-order valence-electron chi connectivity index (χ3n) is 2.97. The van der Waals surface area contributed by atoms with E-state index >= 15 is 0 Å². The second kappa shape index (κ2) is 4.45. The van der Waals surface area contributed by atoms with E-state index in [2.05, 4.69) is 20.9 Å². The van der Waals surface area contributed by atoms with Gasteiger partial charge in [-0.1, -0.05) is 15.9 Å². The molecule has 0 amide bonds. The SMILES string of the molecule is O=C(O)c1oc(-c2ccc(Br)cc2F)nc1C1CC1. The molecule has 1 aliphatic rings. The maximum absolute atomic E-state index is 13.8. The summed E-state index contributed by atoms with van der Waals surface area (Å²) in [5.41, 5.74) is 0.586. The van der Waals surface area contributed by atoms with Crippen molar-refractivity contribution in [2.45, 2.75) is 18.8 Å². The molecule has 19 heavy (non-hydrogen) atoms. The van der Waals surface area contributed by atoms with E-state index in [0.717, 1.165) is 12.8 Å². The van der Waals surface area contributed by atoms with Crippen LogP contribution >= 0.6 is 15.9 Å². The number of carboxylic acid groups (broad SMARTS) is 1. The van der Waals surface area contributed by atoms with Crippen LogP contribution in [0.4, 0.5) is 4.39 Å². The van der Waals surface area contributed by atoms with Gasteiger partial charge in [0.2, 0.25) is 11.7 Å². The Morgan fingerprint density at radius 3 is 2.79 bits per heavy atom. The summed E-state index contributed by atoms with van der Waals surface area (Å²) < 4.78 is 19.6. The van der Waals surface area contributed by atoms with Gasteiger partial charge in [0.05, 0.1) is 11.3 Å². The number of nitrogens with zero attached hydrogens (tertiary/aromatic N) is 1.